The van der Waals surface area contributed by atoms with E-state index in [1.807, 2.05) is 4.98 Å². The number of anilines is 1. The van der Waals surface area contributed by atoms with Crippen LogP contribution in [0.3, 0.4) is 0 Å². The highest BCUT2D eigenvalue weighted by atomic mass is 35.5. The van der Waals surface area contributed by atoms with Crippen molar-refractivity contribution in [3.63, 3.8) is 0 Å². The second-order valence-electron chi connectivity index (χ2n) is 6.54. The highest BCUT2D eigenvalue weighted by Crippen LogP contribution is 2.24. The highest BCUT2D eigenvalue weighted by Gasteiger charge is 2.34. The molecule has 0 saturated carbocycles. The van der Waals surface area contributed by atoms with E-state index in [1.165, 1.54) is 6.92 Å². The molecule has 3 rings (SSSR count). The molecule has 0 aliphatic carbocycles. The van der Waals surface area contributed by atoms with E-state index in [1.54, 1.807) is 24.3 Å². The van der Waals surface area contributed by atoms with Crippen LogP contribution in [0.5, 0.6) is 0 Å². The lowest BCUT2D eigenvalue weighted by Crippen LogP contribution is -2.44. The van der Waals surface area contributed by atoms with Crippen molar-refractivity contribution in [1.29, 1.82) is 0 Å². The minimum absolute atomic E-state index is 0.0173. The molecule has 1 saturated heterocycles. The van der Waals surface area contributed by atoms with E-state index < -0.39 is 26.2 Å². The summed E-state index contributed by atoms with van der Waals surface area (Å²) >= 11 is 5.82. The van der Waals surface area contributed by atoms with Crippen LogP contribution in [0.2, 0.25) is 5.02 Å². The third kappa shape index (κ3) is 4.18. The van der Waals surface area contributed by atoms with Crippen molar-refractivity contribution in [3.8, 4) is 0 Å². The molecule has 2 aromatic rings. The number of benzene rings is 1. The molecule has 0 bridgehead atoms. The first kappa shape index (κ1) is 20.3. The third-order valence-corrected chi connectivity index (χ3v) is 6.91. The van der Waals surface area contributed by atoms with Gasteiger partial charge in [0.25, 0.3) is 5.56 Å². The topological polar surface area (TPSA) is 132 Å². The summed E-state index contributed by atoms with van der Waals surface area (Å²) in [5, 5.41) is 3.35. The fraction of sp³-hybridized carbons (Fsp3) is 0.353. The van der Waals surface area contributed by atoms with Gasteiger partial charge in [-0.1, -0.05) is 11.6 Å². The molecule has 0 radical (unpaired) electrons. The molecule has 0 spiro atoms. The Balaban J connectivity index is 1.69. The van der Waals surface area contributed by atoms with E-state index in [2.05, 4.69) is 10.3 Å². The van der Waals surface area contributed by atoms with Crippen molar-refractivity contribution >= 4 is 33.2 Å². The summed E-state index contributed by atoms with van der Waals surface area (Å²) in [5.41, 5.74) is -1.13. The van der Waals surface area contributed by atoms with Gasteiger partial charge in [-0.2, -0.15) is 4.31 Å². The van der Waals surface area contributed by atoms with Gasteiger partial charge in [0, 0.05) is 35.4 Å². The second kappa shape index (κ2) is 7.90. The van der Waals surface area contributed by atoms with Gasteiger partial charge in [0.2, 0.25) is 15.9 Å². The predicted molar refractivity (Wildman–Crippen MR) is 104 cm³/mol. The van der Waals surface area contributed by atoms with E-state index >= 15 is 0 Å². The Morgan fingerprint density at radius 1 is 1.14 bits per heavy atom. The number of carbonyl (C=O) groups is 1. The van der Waals surface area contributed by atoms with Gasteiger partial charge in [-0.05, 0) is 44.0 Å². The monoisotopic (exact) mass is 426 g/mol. The van der Waals surface area contributed by atoms with Gasteiger partial charge in [-0.3, -0.25) is 14.6 Å². The average molecular weight is 427 g/mol. The summed E-state index contributed by atoms with van der Waals surface area (Å²) in [6.07, 6.45) is 0.637. The van der Waals surface area contributed by atoms with Gasteiger partial charge < -0.3 is 10.3 Å². The normalized spacial score (nSPS) is 16.1. The predicted octanol–water partition coefficient (Wildman–Crippen LogP) is 1.06. The van der Waals surface area contributed by atoms with E-state index in [0.717, 1.165) is 4.31 Å². The van der Waals surface area contributed by atoms with Gasteiger partial charge in [0.1, 0.15) is 0 Å². The number of piperidine rings is 1. The molecule has 1 amide bonds. The van der Waals surface area contributed by atoms with Crippen LogP contribution in [0.25, 0.3) is 0 Å². The Kier molecular flexibility index (Phi) is 5.73. The number of nitrogens with one attached hydrogen (secondary N) is 3. The lowest BCUT2D eigenvalue weighted by Gasteiger charge is -2.30. The molecule has 1 aliphatic heterocycles. The van der Waals surface area contributed by atoms with Crippen molar-refractivity contribution in [3.05, 3.63) is 55.8 Å². The number of hydrogen-bond donors (Lipinski definition) is 3. The largest absolute Gasteiger partial charge is 0.326 e. The van der Waals surface area contributed by atoms with Gasteiger partial charge in [-0.15, -0.1) is 0 Å². The Morgan fingerprint density at radius 3 is 2.32 bits per heavy atom. The number of aryl methyl sites for hydroxylation is 1. The number of rotatable bonds is 4. The summed E-state index contributed by atoms with van der Waals surface area (Å²) in [6.45, 7) is 1.55. The number of halogens is 1. The molecule has 3 N–H and O–H groups in total. The zero-order chi connectivity index (χ0) is 20.5. The number of sulfonamides is 1. The van der Waals surface area contributed by atoms with Crippen LogP contribution in [-0.2, 0) is 14.8 Å². The Bertz CT molecular complexity index is 1100. The third-order valence-electron chi connectivity index (χ3n) is 4.61. The van der Waals surface area contributed by atoms with Crippen LogP contribution in [-0.4, -0.2) is 41.7 Å². The molecular weight excluding hydrogens is 408 g/mol. The lowest BCUT2D eigenvalue weighted by atomic mass is 9.97. The molecule has 11 heteroatoms. The van der Waals surface area contributed by atoms with E-state index in [9.17, 15) is 22.8 Å². The molecule has 1 aliphatic rings. The Labute approximate surface area is 165 Å². The average Bonchev–Trinajstić information content (AvgIpc) is 2.62. The fourth-order valence-electron chi connectivity index (χ4n) is 3.16. The molecule has 1 aromatic carbocycles. The summed E-state index contributed by atoms with van der Waals surface area (Å²) < 4.78 is 26.8. The first-order valence-corrected chi connectivity index (χ1v) is 10.4. The number of aromatic amines is 2. The highest BCUT2D eigenvalue weighted by molar-refractivity contribution is 7.89. The first-order valence-electron chi connectivity index (χ1n) is 8.58. The Hall–Kier alpha value is -2.43. The molecule has 9 nitrogen and oxygen atoms in total. The number of nitrogens with zero attached hydrogens (tertiary/aromatic N) is 1. The lowest BCUT2D eigenvalue weighted by molar-refractivity contribution is -0.120. The molecule has 0 unspecified atom stereocenters. The number of aromatic nitrogens is 2. The van der Waals surface area contributed by atoms with E-state index in [4.69, 9.17) is 11.6 Å². The maximum atomic E-state index is 12.8. The Morgan fingerprint density at radius 2 is 1.75 bits per heavy atom. The van der Waals surface area contributed by atoms with Crippen LogP contribution in [0.15, 0.2) is 38.8 Å². The van der Waals surface area contributed by atoms with Crippen LogP contribution < -0.4 is 16.6 Å². The smallest absolute Gasteiger partial charge is 0.325 e. The van der Waals surface area contributed by atoms with Crippen molar-refractivity contribution < 1.29 is 13.2 Å². The van der Waals surface area contributed by atoms with Crippen LogP contribution in [0.4, 0.5) is 5.69 Å². The maximum Gasteiger partial charge on any atom is 0.325 e. The summed E-state index contributed by atoms with van der Waals surface area (Å²) in [4.78, 5) is 39.4. The SMILES string of the molecule is Cc1[nH]c(=O)[nH]c(=O)c1S(=O)(=O)N1CCC(C(=O)Nc2ccc(Cl)cc2)CC1. The van der Waals surface area contributed by atoms with Crippen molar-refractivity contribution in [1.82, 2.24) is 14.3 Å². The summed E-state index contributed by atoms with van der Waals surface area (Å²) in [7, 11) is -4.08. The van der Waals surface area contributed by atoms with Gasteiger partial charge >= 0.3 is 5.69 Å². The maximum absolute atomic E-state index is 12.8. The molecule has 2 heterocycles. The van der Waals surface area contributed by atoms with E-state index in [-0.39, 0.29) is 30.6 Å². The molecule has 0 atom stereocenters. The number of carbonyl (C=O) groups excluding carboxylic acids is 1. The molecule has 1 fully saturated rings. The van der Waals surface area contributed by atoms with Crippen LogP contribution in [0.1, 0.15) is 18.5 Å². The quantitative estimate of drug-likeness (QED) is 0.672. The zero-order valence-electron chi connectivity index (χ0n) is 15.0. The van der Waals surface area contributed by atoms with E-state index in [0.29, 0.717) is 23.6 Å². The standard InChI is InChI=1S/C17H19ClN4O5S/c1-10-14(16(24)21-17(25)19-10)28(26,27)22-8-6-11(7-9-22)15(23)20-13-4-2-12(18)3-5-13/h2-5,11H,6-9H2,1H3,(H,20,23)(H2,19,21,24,25). The second-order valence-corrected chi connectivity index (χ2v) is 8.85. The fourth-order valence-corrected chi connectivity index (χ4v) is 4.96. The number of H-pyrrole nitrogens is 2. The summed E-state index contributed by atoms with van der Waals surface area (Å²) in [5.74, 6) is -0.547. The van der Waals surface area contributed by atoms with Crippen molar-refractivity contribution in [2.75, 3.05) is 18.4 Å². The number of amides is 1. The van der Waals surface area contributed by atoms with Gasteiger partial charge in [0.05, 0.1) is 0 Å². The molecule has 1 aromatic heterocycles. The van der Waals surface area contributed by atoms with Crippen molar-refractivity contribution in [2.24, 2.45) is 5.92 Å². The van der Waals surface area contributed by atoms with Gasteiger partial charge in [-0.25, -0.2) is 13.2 Å². The minimum Gasteiger partial charge on any atom is -0.326 e. The molecular formula is C17H19ClN4O5S. The van der Waals surface area contributed by atoms with Gasteiger partial charge in [0.15, 0.2) is 4.90 Å². The zero-order valence-corrected chi connectivity index (χ0v) is 16.6. The minimum atomic E-state index is -4.08. The molecule has 150 valence electrons. The van der Waals surface area contributed by atoms with Crippen LogP contribution >= 0.6 is 11.6 Å². The first-order chi connectivity index (χ1) is 13.2. The summed E-state index contributed by atoms with van der Waals surface area (Å²) in [6, 6.07) is 6.70. The van der Waals surface area contributed by atoms with Crippen LogP contribution in [0, 0.1) is 12.8 Å². The number of hydrogen-bond acceptors (Lipinski definition) is 5. The van der Waals surface area contributed by atoms with Crippen molar-refractivity contribution in [2.45, 2.75) is 24.7 Å². The molecule has 28 heavy (non-hydrogen) atoms.